The molecule has 0 aliphatic heterocycles. The number of benzene rings is 3. The molecule has 1 aromatic heterocycles. The molecular formula is C32H34N4O5S. The average molecular weight is 587 g/mol. The van der Waals surface area contributed by atoms with Gasteiger partial charge >= 0.3 is 0 Å². The molecule has 1 atom stereocenters. The van der Waals surface area contributed by atoms with Crippen LogP contribution in [-0.2, 0) is 34.5 Å². The number of aryl methyl sites for hydroxylation is 1. The van der Waals surface area contributed by atoms with Gasteiger partial charge in [-0.1, -0.05) is 25.0 Å². The first-order valence-corrected chi connectivity index (χ1v) is 15.2. The molecule has 3 aromatic carbocycles. The van der Waals surface area contributed by atoms with E-state index in [4.69, 9.17) is 14.5 Å². The maximum absolute atomic E-state index is 12.4. The number of hydrogen-bond acceptors (Lipinski definition) is 7. The second-order valence-electron chi connectivity index (χ2n) is 10.3. The van der Waals surface area contributed by atoms with Crippen LogP contribution in [0.4, 0.5) is 5.69 Å². The molecule has 1 saturated carbocycles. The number of imidazole rings is 1. The Balaban J connectivity index is 1.18. The van der Waals surface area contributed by atoms with Gasteiger partial charge in [-0.2, -0.15) is 11.8 Å². The molecule has 9 nitrogen and oxygen atoms in total. The van der Waals surface area contributed by atoms with Gasteiger partial charge in [0.2, 0.25) is 18.2 Å². The van der Waals surface area contributed by atoms with Gasteiger partial charge in [0.25, 0.3) is 0 Å². The molecule has 1 fully saturated rings. The van der Waals surface area contributed by atoms with Gasteiger partial charge in [0.15, 0.2) is 0 Å². The Labute approximate surface area is 249 Å². The third-order valence-corrected chi connectivity index (χ3v) is 8.47. The molecule has 4 aromatic rings. The summed E-state index contributed by atoms with van der Waals surface area (Å²) in [5.41, 5.74) is 3.49. The lowest BCUT2D eigenvalue weighted by atomic mass is 10.1. The average Bonchev–Trinajstić information content (AvgIpc) is 3.65. The van der Waals surface area contributed by atoms with Crippen LogP contribution in [0, 0.1) is 5.92 Å². The maximum atomic E-state index is 12.4. The third kappa shape index (κ3) is 7.12. The highest BCUT2D eigenvalue weighted by Gasteiger charge is 2.22. The van der Waals surface area contributed by atoms with Crippen molar-refractivity contribution in [2.75, 3.05) is 11.6 Å². The van der Waals surface area contributed by atoms with Gasteiger partial charge in [-0.15, -0.1) is 0 Å². The molecule has 1 heterocycles. The Kier molecular flexibility index (Phi) is 9.43. The van der Waals surface area contributed by atoms with E-state index < -0.39 is 0 Å². The number of carbonyl (C=O) groups excluding carboxylic acids is 3. The molecule has 10 heteroatoms. The molecule has 5 rings (SSSR count). The van der Waals surface area contributed by atoms with Crippen LogP contribution < -0.4 is 20.1 Å². The van der Waals surface area contributed by atoms with E-state index in [9.17, 15) is 14.4 Å². The van der Waals surface area contributed by atoms with Crippen molar-refractivity contribution in [3.8, 4) is 17.2 Å². The van der Waals surface area contributed by atoms with Crippen molar-refractivity contribution in [1.82, 2.24) is 14.9 Å². The summed E-state index contributed by atoms with van der Waals surface area (Å²) >= 11 is 1.40. The van der Waals surface area contributed by atoms with Crippen molar-refractivity contribution < 1.29 is 23.9 Å². The van der Waals surface area contributed by atoms with Crippen LogP contribution in [0.3, 0.4) is 0 Å². The molecular weight excluding hydrogens is 552 g/mol. The number of aromatic nitrogens is 2. The zero-order valence-corrected chi connectivity index (χ0v) is 24.5. The Hall–Kier alpha value is -4.31. The van der Waals surface area contributed by atoms with Gasteiger partial charge in [0.05, 0.1) is 16.3 Å². The summed E-state index contributed by atoms with van der Waals surface area (Å²) in [4.78, 5) is 39.7. The van der Waals surface area contributed by atoms with Gasteiger partial charge in [-0.05, 0) is 79.6 Å². The number of ether oxygens (including phenoxy) is 2. The molecule has 42 heavy (non-hydrogen) atoms. The number of anilines is 1. The molecule has 0 spiro atoms. The van der Waals surface area contributed by atoms with E-state index in [2.05, 4.69) is 10.6 Å². The lowest BCUT2D eigenvalue weighted by Crippen LogP contribution is -2.32. The molecule has 0 radical (unpaired) electrons. The van der Waals surface area contributed by atoms with Gasteiger partial charge < -0.3 is 19.4 Å². The van der Waals surface area contributed by atoms with Crippen molar-refractivity contribution in [2.24, 2.45) is 13.0 Å². The van der Waals surface area contributed by atoms with Gasteiger partial charge in [-0.3, -0.25) is 19.7 Å². The van der Waals surface area contributed by atoms with Crippen LogP contribution in [0.5, 0.6) is 17.2 Å². The summed E-state index contributed by atoms with van der Waals surface area (Å²) in [5, 5.41) is 4.89. The summed E-state index contributed by atoms with van der Waals surface area (Å²) in [6, 6.07) is 20.7. The first kappa shape index (κ1) is 29.2. The molecule has 0 bridgehead atoms. The van der Waals surface area contributed by atoms with E-state index in [-0.39, 0.29) is 29.6 Å². The number of nitrogens with zero attached hydrogens (tertiary/aromatic N) is 2. The minimum Gasteiger partial charge on any atom is -0.486 e. The standard InChI is InChI=1S/C32H34N4O5S/c1-36-28-18-26(41-25-13-9-23(10-14-25)34-31(38)22-5-3-4-6-22)15-16-27(28)35-30(36)19-40-24-11-7-21(8-12-24)17-29(42-2)32(39)33-20-37/h7-16,18,20,22,29H,3-6,17,19H2,1-2H3,(H,34,38)(H,33,37,39). The summed E-state index contributed by atoms with van der Waals surface area (Å²) in [7, 11) is 1.94. The van der Waals surface area contributed by atoms with Crippen molar-refractivity contribution in [2.45, 2.75) is 44.0 Å². The van der Waals surface area contributed by atoms with Crippen LogP contribution in [0.15, 0.2) is 66.7 Å². The minimum atomic E-state index is -0.343. The monoisotopic (exact) mass is 586 g/mol. The summed E-state index contributed by atoms with van der Waals surface area (Å²) < 4.78 is 14.1. The van der Waals surface area contributed by atoms with Crippen molar-refractivity contribution in [1.29, 1.82) is 0 Å². The topological polar surface area (TPSA) is 112 Å². The van der Waals surface area contributed by atoms with E-state index in [0.29, 0.717) is 30.1 Å². The Bertz CT molecular complexity index is 1550. The number of fused-ring (bicyclic) bond motifs is 1. The van der Waals surface area contributed by atoms with Crippen molar-refractivity contribution in [3.63, 3.8) is 0 Å². The highest BCUT2D eigenvalue weighted by molar-refractivity contribution is 7.99. The number of rotatable bonds is 12. The Morgan fingerprint density at radius 3 is 2.40 bits per heavy atom. The highest BCUT2D eigenvalue weighted by Crippen LogP contribution is 2.29. The van der Waals surface area contributed by atoms with Crippen LogP contribution in [0.25, 0.3) is 11.0 Å². The number of carbonyl (C=O) groups is 3. The van der Waals surface area contributed by atoms with Gasteiger partial charge in [0.1, 0.15) is 29.7 Å². The van der Waals surface area contributed by atoms with E-state index in [0.717, 1.165) is 53.8 Å². The fourth-order valence-corrected chi connectivity index (χ4v) is 5.75. The van der Waals surface area contributed by atoms with Crippen molar-refractivity contribution in [3.05, 3.63) is 78.1 Å². The zero-order chi connectivity index (χ0) is 29.5. The number of imide groups is 1. The van der Waals surface area contributed by atoms with Crippen LogP contribution in [0.1, 0.15) is 37.1 Å². The fourth-order valence-electron chi connectivity index (χ4n) is 5.10. The van der Waals surface area contributed by atoms with Gasteiger partial charge in [-0.25, -0.2) is 4.98 Å². The number of hydrogen-bond donors (Lipinski definition) is 2. The first-order valence-electron chi connectivity index (χ1n) is 14.0. The quantitative estimate of drug-likeness (QED) is 0.207. The predicted octanol–water partition coefficient (Wildman–Crippen LogP) is 5.62. The minimum absolute atomic E-state index is 0.0989. The molecule has 1 aliphatic rings. The molecule has 3 amide bonds. The second-order valence-corrected chi connectivity index (χ2v) is 11.4. The summed E-state index contributed by atoms with van der Waals surface area (Å²) in [6.07, 6.45) is 6.96. The van der Waals surface area contributed by atoms with Crippen LogP contribution in [0.2, 0.25) is 0 Å². The van der Waals surface area contributed by atoms with E-state index in [1.165, 1.54) is 11.8 Å². The second kappa shape index (κ2) is 13.6. The fraction of sp³-hybridized carbons (Fsp3) is 0.312. The summed E-state index contributed by atoms with van der Waals surface area (Å²) in [6.45, 7) is 0.282. The van der Waals surface area contributed by atoms with E-state index in [1.54, 1.807) is 0 Å². The first-order chi connectivity index (χ1) is 20.4. The lowest BCUT2D eigenvalue weighted by Gasteiger charge is -2.13. The molecule has 2 N–H and O–H groups in total. The molecule has 1 unspecified atom stereocenters. The maximum Gasteiger partial charge on any atom is 0.239 e. The Morgan fingerprint density at radius 2 is 1.71 bits per heavy atom. The highest BCUT2D eigenvalue weighted by atomic mass is 32.2. The van der Waals surface area contributed by atoms with Crippen molar-refractivity contribution >= 4 is 46.7 Å². The van der Waals surface area contributed by atoms with Crippen LogP contribution >= 0.6 is 11.8 Å². The normalized spacial score (nSPS) is 14.0. The van der Waals surface area contributed by atoms with E-state index in [1.807, 2.05) is 84.6 Å². The van der Waals surface area contributed by atoms with Gasteiger partial charge in [0, 0.05) is 24.7 Å². The Morgan fingerprint density at radius 1 is 1.02 bits per heavy atom. The SMILES string of the molecule is CSC(Cc1ccc(OCc2nc3ccc(Oc4ccc(NC(=O)C5CCCC5)cc4)cc3n2C)cc1)C(=O)NC=O. The number of thioether (sulfide) groups is 1. The lowest BCUT2D eigenvalue weighted by molar-refractivity contribution is -0.125. The number of amides is 3. The smallest absolute Gasteiger partial charge is 0.239 e. The largest absolute Gasteiger partial charge is 0.486 e. The predicted molar refractivity (Wildman–Crippen MR) is 164 cm³/mol. The van der Waals surface area contributed by atoms with Crippen LogP contribution in [-0.4, -0.2) is 39.3 Å². The summed E-state index contributed by atoms with van der Waals surface area (Å²) in [5.74, 6) is 2.74. The zero-order valence-electron chi connectivity index (χ0n) is 23.7. The number of nitrogens with one attached hydrogen (secondary N) is 2. The van der Waals surface area contributed by atoms with E-state index >= 15 is 0 Å². The molecule has 218 valence electrons. The third-order valence-electron chi connectivity index (χ3n) is 7.52. The molecule has 0 saturated heterocycles. The molecule has 1 aliphatic carbocycles.